The van der Waals surface area contributed by atoms with E-state index in [2.05, 4.69) is 12.2 Å². The normalized spacial score (nSPS) is 23.3. The number of rotatable bonds is 6. The zero-order chi connectivity index (χ0) is 20.9. The van der Waals surface area contributed by atoms with Crippen molar-refractivity contribution in [2.45, 2.75) is 43.5 Å². The molecule has 3 rings (SSSR count). The molecule has 0 radical (unpaired) electrons. The van der Waals surface area contributed by atoms with Crippen molar-refractivity contribution in [2.24, 2.45) is 5.92 Å². The summed E-state index contributed by atoms with van der Waals surface area (Å²) in [6.45, 7) is 3.11. The Balaban J connectivity index is 1.52. The van der Waals surface area contributed by atoms with Crippen LogP contribution in [0.1, 0.15) is 43.0 Å². The fourth-order valence-electron chi connectivity index (χ4n) is 3.69. The van der Waals surface area contributed by atoms with Crippen LogP contribution in [0.4, 0.5) is 0 Å². The van der Waals surface area contributed by atoms with E-state index in [1.165, 1.54) is 35.0 Å². The first-order valence-corrected chi connectivity index (χ1v) is 11.5. The second-order valence-corrected chi connectivity index (χ2v) is 9.49. The number of sulfonamides is 1. The minimum atomic E-state index is -3.61. The first-order valence-electron chi connectivity index (χ1n) is 10.0. The molecule has 2 atom stereocenters. The van der Waals surface area contributed by atoms with E-state index in [9.17, 15) is 18.0 Å². The third kappa shape index (κ3) is 5.55. The molecule has 1 N–H and O–H groups in total. The van der Waals surface area contributed by atoms with Gasteiger partial charge in [-0.2, -0.15) is 4.31 Å². The van der Waals surface area contributed by atoms with Gasteiger partial charge in [0.25, 0.3) is 5.91 Å². The molecule has 1 saturated carbocycles. The smallest absolute Gasteiger partial charge is 0.338 e. The first-order chi connectivity index (χ1) is 13.9. The number of amides is 1. The highest BCUT2D eigenvalue weighted by Gasteiger charge is 2.27. The van der Waals surface area contributed by atoms with Gasteiger partial charge in [0, 0.05) is 19.1 Å². The Bertz CT molecular complexity index is 818. The molecule has 1 saturated heterocycles. The summed E-state index contributed by atoms with van der Waals surface area (Å²) >= 11 is 0. The van der Waals surface area contributed by atoms with Crippen LogP contribution in [0, 0.1) is 5.92 Å². The molecule has 1 aliphatic carbocycles. The van der Waals surface area contributed by atoms with Crippen LogP contribution in [0.15, 0.2) is 29.2 Å². The minimum Gasteiger partial charge on any atom is -0.452 e. The molecule has 2 fully saturated rings. The molecule has 1 aliphatic heterocycles. The highest BCUT2D eigenvalue weighted by molar-refractivity contribution is 7.89. The number of hydrogen-bond donors (Lipinski definition) is 1. The van der Waals surface area contributed by atoms with Crippen molar-refractivity contribution >= 4 is 21.9 Å². The number of nitrogens with zero attached hydrogens (tertiary/aromatic N) is 1. The summed E-state index contributed by atoms with van der Waals surface area (Å²) in [6.07, 6.45) is 4.30. The maximum absolute atomic E-state index is 12.6. The Morgan fingerprint density at radius 3 is 2.45 bits per heavy atom. The molecule has 160 valence electrons. The molecule has 8 nitrogen and oxygen atoms in total. The zero-order valence-corrected chi connectivity index (χ0v) is 17.4. The quantitative estimate of drug-likeness (QED) is 0.696. The lowest BCUT2D eigenvalue weighted by Gasteiger charge is -2.29. The van der Waals surface area contributed by atoms with E-state index in [0.717, 1.165) is 19.3 Å². The van der Waals surface area contributed by atoms with Gasteiger partial charge in [0.2, 0.25) is 10.0 Å². The molecule has 1 aromatic carbocycles. The minimum absolute atomic E-state index is 0.111. The van der Waals surface area contributed by atoms with Crippen molar-refractivity contribution in [1.82, 2.24) is 9.62 Å². The topological polar surface area (TPSA) is 102 Å². The highest BCUT2D eigenvalue weighted by Crippen LogP contribution is 2.23. The molecule has 1 heterocycles. The van der Waals surface area contributed by atoms with E-state index in [-0.39, 0.29) is 29.0 Å². The van der Waals surface area contributed by atoms with Gasteiger partial charge < -0.3 is 14.8 Å². The van der Waals surface area contributed by atoms with E-state index in [1.54, 1.807) is 0 Å². The van der Waals surface area contributed by atoms with E-state index in [0.29, 0.717) is 32.2 Å². The molecule has 29 heavy (non-hydrogen) atoms. The number of hydrogen-bond acceptors (Lipinski definition) is 6. The van der Waals surface area contributed by atoms with Gasteiger partial charge in [-0.05, 0) is 43.0 Å². The standard InChI is InChI=1S/C20H28N2O6S/c1-15-4-2-3-5-18(15)21-19(23)14-28-20(24)16-6-8-17(9-7-16)29(25,26)22-10-12-27-13-11-22/h6-9,15,18H,2-5,10-14H2,1H3,(H,21,23)/t15-,18+/m1/s1. The molecule has 0 bridgehead atoms. The molecule has 0 unspecified atom stereocenters. The zero-order valence-electron chi connectivity index (χ0n) is 16.6. The molecule has 1 aromatic rings. The monoisotopic (exact) mass is 424 g/mol. The SMILES string of the molecule is C[C@@H]1CCCC[C@@H]1NC(=O)COC(=O)c1ccc(S(=O)(=O)N2CCOCC2)cc1. The van der Waals surface area contributed by atoms with Gasteiger partial charge in [0.15, 0.2) is 6.61 Å². The lowest BCUT2D eigenvalue weighted by Crippen LogP contribution is -2.42. The predicted molar refractivity (Wildman–Crippen MR) is 106 cm³/mol. The van der Waals surface area contributed by atoms with Crippen molar-refractivity contribution in [3.05, 3.63) is 29.8 Å². The second kappa shape index (κ2) is 9.69. The second-order valence-electron chi connectivity index (χ2n) is 7.55. The maximum atomic E-state index is 12.6. The molecule has 2 aliphatic rings. The lowest BCUT2D eigenvalue weighted by atomic mass is 9.86. The van der Waals surface area contributed by atoms with Crippen molar-refractivity contribution in [3.63, 3.8) is 0 Å². The molecule has 9 heteroatoms. The van der Waals surface area contributed by atoms with Crippen molar-refractivity contribution in [1.29, 1.82) is 0 Å². The van der Waals surface area contributed by atoms with E-state index >= 15 is 0 Å². The summed E-state index contributed by atoms with van der Waals surface area (Å²) in [6, 6.07) is 5.68. The van der Waals surface area contributed by atoms with Gasteiger partial charge in [-0.3, -0.25) is 4.79 Å². The number of carbonyl (C=O) groups excluding carboxylic acids is 2. The third-order valence-corrected chi connectivity index (χ3v) is 7.40. The van der Waals surface area contributed by atoms with Crippen LogP contribution in [0.25, 0.3) is 0 Å². The Hall–Kier alpha value is -1.97. The van der Waals surface area contributed by atoms with Crippen molar-refractivity contribution in [3.8, 4) is 0 Å². The van der Waals surface area contributed by atoms with Gasteiger partial charge in [0.05, 0.1) is 23.7 Å². The molecule has 0 aromatic heterocycles. The van der Waals surface area contributed by atoms with Gasteiger partial charge in [-0.15, -0.1) is 0 Å². The Labute approximate surface area is 171 Å². The first kappa shape index (κ1) is 21.7. The summed E-state index contributed by atoms with van der Waals surface area (Å²) in [7, 11) is -3.61. The van der Waals surface area contributed by atoms with E-state index in [4.69, 9.17) is 9.47 Å². The van der Waals surface area contributed by atoms with Gasteiger partial charge >= 0.3 is 5.97 Å². The predicted octanol–water partition coefficient (Wildman–Crippen LogP) is 1.56. The number of benzene rings is 1. The molecular weight excluding hydrogens is 396 g/mol. The average molecular weight is 425 g/mol. The summed E-state index contributed by atoms with van der Waals surface area (Å²) < 4.78 is 36.8. The maximum Gasteiger partial charge on any atom is 0.338 e. The molecular formula is C20H28N2O6S. The highest BCUT2D eigenvalue weighted by atomic mass is 32.2. The fraction of sp³-hybridized carbons (Fsp3) is 0.600. The Kier molecular flexibility index (Phi) is 7.26. The summed E-state index contributed by atoms with van der Waals surface area (Å²) in [4.78, 5) is 24.4. The third-order valence-electron chi connectivity index (χ3n) is 5.49. The summed E-state index contributed by atoms with van der Waals surface area (Å²) in [5.74, 6) is -0.555. The van der Waals surface area contributed by atoms with Crippen LogP contribution in [-0.4, -0.2) is 63.6 Å². The lowest BCUT2D eigenvalue weighted by molar-refractivity contribution is -0.125. The van der Waals surface area contributed by atoms with Crippen LogP contribution >= 0.6 is 0 Å². The number of ether oxygens (including phenoxy) is 2. The summed E-state index contributed by atoms with van der Waals surface area (Å²) in [5.41, 5.74) is 0.199. The van der Waals surface area contributed by atoms with Crippen LogP contribution in [0.3, 0.4) is 0 Å². The van der Waals surface area contributed by atoms with Crippen LogP contribution in [-0.2, 0) is 24.3 Å². The molecule has 0 spiro atoms. The summed E-state index contributed by atoms with van der Waals surface area (Å²) in [5, 5.41) is 2.93. The largest absolute Gasteiger partial charge is 0.452 e. The van der Waals surface area contributed by atoms with E-state index in [1.807, 2.05) is 0 Å². The van der Waals surface area contributed by atoms with Gasteiger partial charge in [-0.1, -0.05) is 19.8 Å². The Morgan fingerprint density at radius 2 is 1.79 bits per heavy atom. The van der Waals surface area contributed by atoms with E-state index < -0.39 is 16.0 Å². The number of morpholine rings is 1. The van der Waals surface area contributed by atoms with Crippen LogP contribution < -0.4 is 5.32 Å². The fourth-order valence-corrected chi connectivity index (χ4v) is 5.10. The van der Waals surface area contributed by atoms with Crippen LogP contribution in [0.5, 0.6) is 0 Å². The van der Waals surface area contributed by atoms with Crippen molar-refractivity contribution in [2.75, 3.05) is 32.9 Å². The van der Waals surface area contributed by atoms with Crippen molar-refractivity contribution < 1.29 is 27.5 Å². The number of nitrogens with one attached hydrogen (secondary N) is 1. The van der Waals surface area contributed by atoms with Crippen LogP contribution in [0.2, 0.25) is 0 Å². The Morgan fingerprint density at radius 1 is 1.14 bits per heavy atom. The number of esters is 1. The number of carbonyl (C=O) groups is 2. The van der Waals surface area contributed by atoms with Gasteiger partial charge in [0.1, 0.15) is 0 Å². The molecule has 1 amide bonds. The van der Waals surface area contributed by atoms with Gasteiger partial charge in [-0.25, -0.2) is 13.2 Å². The average Bonchev–Trinajstić information content (AvgIpc) is 2.74.